The second-order valence-corrected chi connectivity index (χ2v) is 6.67. The van der Waals surface area contributed by atoms with Gasteiger partial charge in [-0.1, -0.05) is 25.8 Å². The van der Waals surface area contributed by atoms with E-state index in [1.54, 1.807) is 18.0 Å². The molecule has 2 rings (SSSR count). The van der Waals surface area contributed by atoms with Gasteiger partial charge < -0.3 is 10.6 Å². The van der Waals surface area contributed by atoms with E-state index in [9.17, 15) is 14.0 Å². The molecule has 0 spiro atoms. The van der Waals surface area contributed by atoms with E-state index in [0.29, 0.717) is 11.6 Å². The smallest absolute Gasteiger partial charge is 0.238 e. The fraction of sp³-hybridized carbons (Fsp3) is 0.556. The van der Waals surface area contributed by atoms with Crippen LogP contribution in [0.3, 0.4) is 0 Å². The standard InChI is InChI=1S/C18H26FN3O2/c1-13-6-3-4-9-16(13)21-18(24)12-22(2)11-17(23)20-15-8-5-7-14(19)10-15/h5,7-8,10,13,16H,3-4,6,9,11-12H2,1-2H3,(H,20,23)(H,21,24)/t13-,16+/m0/s1. The largest absolute Gasteiger partial charge is 0.352 e. The topological polar surface area (TPSA) is 61.4 Å². The predicted molar refractivity (Wildman–Crippen MR) is 92.1 cm³/mol. The van der Waals surface area contributed by atoms with Crippen molar-refractivity contribution in [2.45, 2.75) is 38.6 Å². The Bertz CT molecular complexity index is 579. The molecule has 0 heterocycles. The molecule has 1 aliphatic rings. The molecule has 6 heteroatoms. The Morgan fingerprint density at radius 1 is 1.21 bits per heavy atom. The van der Waals surface area contributed by atoms with Gasteiger partial charge in [0.15, 0.2) is 0 Å². The zero-order valence-electron chi connectivity index (χ0n) is 14.3. The first-order valence-electron chi connectivity index (χ1n) is 8.47. The fourth-order valence-electron chi connectivity index (χ4n) is 3.10. The van der Waals surface area contributed by atoms with Crippen molar-refractivity contribution < 1.29 is 14.0 Å². The Hall–Kier alpha value is -1.95. The van der Waals surface area contributed by atoms with E-state index in [1.807, 2.05) is 0 Å². The number of rotatable bonds is 6. The Balaban J connectivity index is 1.74. The highest BCUT2D eigenvalue weighted by molar-refractivity contribution is 5.92. The maximum Gasteiger partial charge on any atom is 0.238 e. The first-order chi connectivity index (χ1) is 11.4. The number of nitrogens with one attached hydrogen (secondary N) is 2. The van der Waals surface area contributed by atoms with Gasteiger partial charge in [-0.2, -0.15) is 0 Å². The van der Waals surface area contributed by atoms with Crippen molar-refractivity contribution in [2.75, 3.05) is 25.5 Å². The molecule has 0 radical (unpaired) electrons. The molecular weight excluding hydrogens is 309 g/mol. The third-order valence-electron chi connectivity index (χ3n) is 4.39. The molecular formula is C18H26FN3O2. The van der Waals surface area contributed by atoms with Gasteiger partial charge in [0.2, 0.25) is 11.8 Å². The highest BCUT2D eigenvalue weighted by atomic mass is 19.1. The van der Waals surface area contributed by atoms with Crippen LogP contribution >= 0.6 is 0 Å². The molecule has 1 aromatic carbocycles. The van der Waals surface area contributed by atoms with E-state index in [-0.39, 0.29) is 30.9 Å². The lowest BCUT2D eigenvalue weighted by Crippen LogP contribution is -2.46. The average Bonchev–Trinajstić information content (AvgIpc) is 2.49. The lowest BCUT2D eigenvalue weighted by Gasteiger charge is -2.30. The Labute approximate surface area is 142 Å². The van der Waals surface area contributed by atoms with Crippen LogP contribution in [0.1, 0.15) is 32.6 Å². The maximum absolute atomic E-state index is 13.1. The lowest BCUT2D eigenvalue weighted by atomic mass is 9.86. The summed E-state index contributed by atoms with van der Waals surface area (Å²) in [6, 6.07) is 5.97. The number of carbonyl (C=O) groups is 2. The summed E-state index contributed by atoms with van der Waals surface area (Å²) in [5.41, 5.74) is 0.411. The van der Waals surface area contributed by atoms with E-state index < -0.39 is 5.82 Å². The van der Waals surface area contributed by atoms with Crippen molar-refractivity contribution in [2.24, 2.45) is 5.92 Å². The monoisotopic (exact) mass is 335 g/mol. The normalized spacial score (nSPS) is 20.7. The molecule has 1 fully saturated rings. The van der Waals surface area contributed by atoms with Gasteiger partial charge in [-0.3, -0.25) is 14.5 Å². The molecule has 0 unspecified atom stereocenters. The highest BCUT2D eigenvalue weighted by Crippen LogP contribution is 2.23. The number of hydrogen-bond donors (Lipinski definition) is 2. The molecule has 0 saturated heterocycles. The molecule has 2 atom stereocenters. The summed E-state index contributed by atoms with van der Waals surface area (Å²) in [4.78, 5) is 25.7. The summed E-state index contributed by atoms with van der Waals surface area (Å²) in [5.74, 6) is -0.233. The minimum atomic E-state index is -0.401. The summed E-state index contributed by atoms with van der Waals surface area (Å²) < 4.78 is 13.1. The van der Waals surface area contributed by atoms with E-state index in [0.717, 1.165) is 19.3 Å². The van der Waals surface area contributed by atoms with Crippen molar-refractivity contribution >= 4 is 17.5 Å². The van der Waals surface area contributed by atoms with Crippen molar-refractivity contribution in [1.29, 1.82) is 0 Å². The van der Waals surface area contributed by atoms with Crippen LogP contribution in [-0.2, 0) is 9.59 Å². The first-order valence-corrected chi connectivity index (χ1v) is 8.47. The summed E-state index contributed by atoms with van der Waals surface area (Å²) in [6.07, 6.45) is 4.56. The Morgan fingerprint density at radius 2 is 1.92 bits per heavy atom. The van der Waals surface area contributed by atoms with Gasteiger partial charge in [0.05, 0.1) is 13.1 Å². The van der Waals surface area contributed by atoms with Crippen molar-refractivity contribution in [3.05, 3.63) is 30.1 Å². The molecule has 0 aromatic heterocycles. The quantitative estimate of drug-likeness (QED) is 0.839. The molecule has 24 heavy (non-hydrogen) atoms. The minimum absolute atomic E-state index is 0.0604. The highest BCUT2D eigenvalue weighted by Gasteiger charge is 2.23. The summed E-state index contributed by atoms with van der Waals surface area (Å²) >= 11 is 0. The van der Waals surface area contributed by atoms with E-state index in [2.05, 4.69) is 17.6 Å². The van der Waals surface area contributed by atoms with Crippen LogP contribution in [-0.4, -0.2) is 42.9 Å². The van der Waals surface area contributed by atoms with Crippen molar-refractivity contribution in [1.82, 2.24) is 10.2 Å². The number of anilines is 1. The summed E-state index contributed by atoms with van der Waals surface area (Å²) in [6.45, 7) is 2.41. The van der Waals surface area contributed by atoms with Crippen LogP contribution in [0.4, 0.5) is 10.1 Å². The summed E-state index contributed by atoms with van der Waals surface area (Å²) in [5, 5.41) is 5.69. The number of amides is 2. The lowest BCUT2D eigenvalue weighted by molar-refractivity contribution is -0.124. The number of carbonyl (C=O) groups excluding carboxylic acids is 2. The van der Waals surface area contributed by atoms with Gasteiger partial charge in [-0.25, -0.2) is 4.39 Å². The first kappa shape index (κ1) is 18.4. The molecule has 1 aliphatic carbocycles. The summed E-state index contributed by atoms with van der Waals surface area (Å²) in [7, 11) is 1.72. The number of likely N-dealkylation sites (N-methyl/N-ethyl adjacent to an activating group) is 1. The van der Waals surface area contributed by atoms with E-state index in [1.165, 1.54) is 24.6 Å². The van der Waals surface area contributed by atoms with Crippen LogP contribution < -0.4 is 10.6 Å². The van der Waals surface area contributed by atoms with Gasteiger partial charge in [0.25, 0.3) is 0 Å². The van der Waals surface area contributed by atoms with Crippen LogP contribution in [0.5, 0.6) is 0 Å². The maximum atomic E-state index is 13.1. The van der Waals surface area contributed by atoms with Gasteiger partial charge in [-0.05, 0) is 44.0 Å². The third kappa shape index (κ3) is 5.92. The minimum Gasteiger partial charge on any atom is -0.352 e. The number of nitrogens with zero attached hydrogens (tertiary/aromatic N) is 1. The van der Waals surface area contributed by atoms with Crippen LogP contribution in [0.15, 0.2) is 24.3 Å². The molecule has 1 aromatic rings. The van der Waals surface area contributed by atoms with Gasteiger partial charge in [0, 0.05) is 11.7 Å². The predicted octanol–water partition coefficient (Wildman–Crippen LogP) is 2.39. The van der Waals surface area contributed by atoms with Gasteiger partial charge >= 0.3 is 0 Å². The van der Waals surface area contributed by atoms with Crippen LogP contribution in [0.2, 0.25) is 0 Å². The van der Waals surface area contributed by atoms with E-state index >= 15 is 0 Å². The SMILES string of the molecule is C[C@H]1CCCC[C@H]1NC(=O)CN(C)CC(=O)Nc1cccc(F)c1. The van der Waals surface area contributed by atoms with Crippen molar-refractivity contribution in [3.8, 4) is 0 Å². The molecule has 2 N–H and O–H groups in total. The fourth-order valence-corrected chi connectivity index (χ4v) is 3.10. The van der Waals surface area contributed by atoms with Crippen molar-refractivity contribution in [3.63, 3.8) is 0 Å². The number of halogens is 1. The Kier molecular flexibility index (Phi) is 6.73. The Morgan fingerprint density at radius 3 is 2.62 bits per heavy atom. The van der Waals surface area contributed by atoms with Gasteiger partial charge in [-0.15, -0.1) is 0 Å². The van der Waals surface area contributed by atoms with E-state index in [4.69, 9.17) is 0 Å². The van der Waals surface area contributed by atoms with Crippen LogP contribution in [0.25, 0.3) is 0 Å². The molecule has 132 valence electrons. The molecule has 0 aliphatic heterocycles. The molecule has 5 nitrogen and oxygen atoms in total. The second-order valence-electron chi connectivity index (χ2n) is 6.67. The average molecular weight is 335 g/mol. The zero-order chi connectivity index (χ0) is 17.5. The number of benzene rings is 1. The molecule has 2 amide bonds. The molecule has 1 saturated carbocycles. The second kappa shape index (κ2) is 8.78. The number of hydrogen-bond acceptors (Lipinski definition) is 3. The molecule has 0 bridgehead atoms. The van der Waals surface area contributed by atoms with Gasteiger partial charge in [0.1, 0.15) is 5.82 Å². The zero-order valence-corrected chi connectivity index (χ0v) is 14.3. The van der Waals surface area contributed by atoms with Crippen LogP contribution in [0, 0.1) is 11.7 Å². The third-order valence-corrected chi connectivity index (χ3v) is 4.39.